The minimum atomic E-state index is -0.264. The second-order valence-corrected chi connectivity index (χ2v) is 6.93. The van der Waals surface area contributed by atoms with E-state index < -0.39 is 0 Å². The highest BCUT2D eigenvalue weighted by Gasteiger charge is 2.18. The Balaban J connectivity index is 1.81. The minimum Gasteiger partial charge on any atom is -0.335 e. The van der Waals surface area contributed by atoms with Crippen molar-refractivity contribution in [3.63, 3.8) is 0 Å². The minimum absolute atomic E-state index is 0.00686. The summed E-state index contributed by atoms with van der Waals surface area (Å²) < 4.78 is 0. The molecule has 1 aliphatic rings. The van der Waals surface area contributed by atoms with Crippen LogP contribution >= 0.6 is 23.2 Å². The lowest BCUT2D eigenvalue weighted by Crippen LogP contribution is -2.42. The first kappa shape index (κ1) is 19.0. The summed E-state index contributed by atoms with van der Waals surface area (Å²) in [6, 6.07) is 4.87. The number of nitrogens with zero attached hydrogens (tertiary/aromatic N) is 2. The summed E-state index contributed by atoms with van der Waals surface area (Å²) >= 11 is 11.8. The molecule has 132 valence electrons. The molecule has 1 heterocycles. The van der Waals surface area contributed by atoms with Crippen LogP contribution in [0.5, 0.6) is 0 Å². The normalized spacial score (nSPS) is 15.6. The van der Waals surface area contributed by atoms with Gasteiger partial charge in [0.2, 0.25) is 11.8 Å². The number of benzene rings is 1. The van der Waals surface area contributed by atoms with Gasteiger partial charge in [0.25, 0.3) is 0 Å². The average molecular weight is 372 g/mol. The van der Waals surface area contributed by atoms with Gasteiger partial charge >= 0.3 is 0 Å². The Bertz CT molecular complexity index is 587. The molecule has 1 aromatic carbocycles. The van der Waals surface area contributed by atoms with Crippen LogP contribution in [-0.2, 0) is 9.59 Å². The Hall–Kier alpha value is -1.30. The van der Waals surface area contributed by atoms with Gasteiger partial charge in [0.1, 0.15) is 0 Å². The molecule has 0 aromatic heterocycles. The summed E-state index contributed by atoms with van der Waals surface area (Å²) in [5.41, 5.74) is 0.558. The fourth-order valence-electron chi connectivity index (χ4n) is 2.68. The zero-order valence-electron chi connectivity index (χ0n) is 13.9. The molecule has 0 unspecified atom stereocenters. The Morgan fingerprint density at radius 3 is 2.42 bits per heavy atom. The second kappa shape index (κ2) is 9.25. The van der Waals surface area contributed by atoms with Gasteiger partial charge < -0.3 is 10.2 Å². The van der Waals surface area contributed by atoms with E-state index in [2.05, 4.69) is 10.2 Å². The summed E-state index contributed by atoms with van der Waals surface area (Å²) in [4.78, 5) is 28.0. The van der Waals surface area contributed by atoms with Crippen molar-refractivity contribution in [2.75, 3.05) is 38.5 Å². The second-order valence-electron chi connectivity index (χ2n) is 6.12. The molecule has 0 aliphatic carbocycles. The van der Waals surface area contributed by atoms with Crippen molar-refractivity contribution in [1.29, 1.82) is 0 Å². The number of likely N-dealkylation sites (tertiary alicyclic amines) is 1. The molecule has 1 saturated heterocycles. The lowest BCUT2D eigenvalue weighted by Gasteiger charge is -2.23. The van der Waals surface area contributed by atoms with Crippen LogP contribution in [0.15, 0.2) is 18.2 Å². The first-order chi connectivity index (χ1) is 11.5. The molecular formula is C17H23Cl2N3O2. The maximum Gasteiger partial charge on any atom is 0.243 e. The number of amides is 2. The smallest absolute Gasteiger partial charge is 0.243 e. The standard InChI is InChI=1S/C17H23Cl2N3O2/c1-21(17(24)12-22-8-4-2-3-5-9-22)11-16(23)20-13-6-7-14(18)15(19)10-13/h6-7,10H,2-5,8-9,11-12H2,1H3,(H,20,23). The third kappa shape index (κ3) is 5.96. The molecule has 1 aromatic rings. The van der Waals surface area contributed by atoms with Crippen molar-refractivity contribution in [3.05, 3.63) is 28.2 Å². The zero-order chi connectivity index (χ0) is 17.5. The van der Waals surface area contributed by atoms with Crippen LogP contribution < -0.4 is 5.32 Å². The van der Waals surface area contributed by atoms with Crippen molar-refractivity contribution in [3.8, 4) is 0 Å². The molecular weight excluding hydrogens is 349 g/mol. The number of carbonyl (C=O) groups is 2. The SMILES string of the molecule is CN(CC(=O)Nc1ccc(Cl)c(Cl)c1)C(=O)CN1CCCCCC1. The third-order valence-corrected chi connectivity index (χ3v) is 4.81. The summed E-state index contributed by atoms with van der Waals surface area (Å²) in [5.74, 6) is -0.304. The van der Waals surface area contributed by atoms with Crippen LogP contribution in [0.3, 0.4) is 0 Å². The highest BCUT2D eigenvalue weighted by Crippen LogP contribution is 2.24. The van der Waals surface area contributed by atoms with Gasteiger partial charge in [0.15, 0.2) is 0 Å². The molecule has 0 radical (unpaired) electrons. The van der Waals surface area contributed by atoms with Crippen LogP contribution in [0, 0.1) is 0 Å². The molecule has 2 amide bonds. The number of anilines is 1. The topological polar surface area (TPSA) is 52.7 Å². The number of rotatable bonds is 5. The molecule has 0 atom stereocenters. The van der Waals surface area contributed by atoms with E-state index in [9.17, 15) is 9.59 Å². The van der Waals surface area contributed by atoms with E-state index in [1.807, 2.05) is 0 Å². The summed E-state index contributed by atoms with van der Waals surface area (Å²) in [7, 11) is 1.65. The molecule has 1 aliphatic heterocycles. The van der Waals surface area contributed by atoms with Crippen LogP contribution in [0.4, 0.5) is 5.69 Å². The van der Waals surface area contributed by atoms with E-state index in [4.69, 9.17) is 23.2 Å². The largest absolute Gasteiger partial charge is 0.335 e. The molecule has 24 heavy (non-hydrogen) atoms. The Morgan fingerprint density at radius 2 is 1.79 bits per heavy atom. The van der Waals surface area contributed by atoms with Gasteiger partial charge in [-0.05, 0) is 44.1 Å². The summed E-state index contributed by atoms with van der Waals surface area (Å²) in [5, 5.41) is 3.52. The van der Waals surface area contributed by atoms with Crippen molar-refractivity contribution >= 4 is 40.7 Å². The quantitative estimate of drug-likeness (QED) is 0.863. The fourth-order valence-corrected chi connectivity index (χ4v) is 2.98. The molecule has 0 saturated carbocycles. The number of halogens is 2. The number of hydrogen-bond donors (Lipinski definition) is 1. The molecule has 0 bridgehead atoms. The molecule has 5 nitrogen and oxygen atoms in total. The van der Waals surface area contributed by atoms with Crippen LogP contribution in [-0.4, -0.2) is 54.8 Å². The predicted octanol–water partition coefficient (Wildman–Crippen LogP) is 3.27. The van der Waals surface area contributed by atoms with Gasteiger partial charge in [0.05, 0.1) is 23.1 Å². The van der Waals surface area contributed by atoms with Gasteiger partial charge in [-0.2, -0.15) is 0 Å². The van der Waals surface area contributed by atoms with Crippen LogP contribution in [0.2, 0.25) is 10.0 Å². The van der Waals surface area contributed by atoms with Crippen LogP contribution in [0.25, 0.3) is 0 Å². The lowest BCUT2D eigenvalue weighted by atomic mass is 10.2. The highest BCUT2D eigenvalue weighted by molar-refractivity contribution is 6.42. The number of likely N-dealkylation sites (N-methyl/N-ethyl adjacent to an activating group) is 1. The number of carbonyl (C=O) groups excluding carboxylic acids is 2. The Morgan fingerprint density at radius 1 is 1.12 bits per heavy atom. The molecule has 7 heteroatoms. The zero-order valence-corrected chi connectivity index (χ0v) is 15.4. The molecule has 1 fully saturated rings. The fraction of sp³-hybridized carbons (Fsp3) is 0.529. The van der Waals surface area contributed by atoms with Crippen molar-refractivity contribution in [1.82, 2.24) is 9.80 Å². The van der Waals surface area contributed by atoms with Gasteiger partial charge in [-0.1, -0.05) is 36.0 Å². The predicted molar refractivity (Wildman–Crippen MR) is 97.6 cm³/mol. The maximum atomic E-state index is 12.3. The third-order valence-electron chi connectivity index (χ3n) is 4.07. The van der Waals surface area contributed by atoms with E-state index in [0.29, 0.717) is 22.3 Å². The van der Waals surface area contributed by atoms with E-state index >= 15 is 0 Å². The highest BCUT2D eigenvalue weighted by atomic mass is 35.5. The molecule has 2 rings (SSSR count). The van der Waals surface area contributed by atoms with Gasteiger partial charge in [-0.15, -0.1) is 0 Å². The summed E-state index contributed by atoms with van der Waals surface area (Å²) in [6.07, 6.45) is 4.72. The average Bonchev–Trinajstić information content (AvgIpc) is 2.79. The number of hydrogen-bond acceptors (Lipinski definition) is 3. The first-order valence-corrected chi connectivity index (χ1v) is 8.92. The van der Waals surface area contributed by atoms with Crippen molar-refractivity contribution < 1.29 is 9.59 Å². The lowest BCUT2D eigenvalue weighted by molar-refractivity contribution is -0.134. The van der Waals surface area contributed by atoms with Crippen molar-refractivity contribution in [2.45, 2.75) is 25.7 Å². The summed E-state index contributed by atoms with van der Waals surface area (Å²) in [6.45, 7) is 2.29. The van der Waals surface area contributed by atoms with E-state index in [-0.39, 0.29) is 18.4 Å². The van der Waals surface area contributed by atoms with E-state index in [0.717, 1.165) is 25.9 Å². The van der Waals surface area contributed by atoms with E-state index in [1.165, 1.54) is 17.7 Å². The maximum absolute atomic E-state index is 12.3. The molecule has 1 N–H and O–H groups in total. The number of nitrogens with one attached hydrogen (secondary N) is 1. The van der Waals surface area contributed by atoms with Crippen molar-refractivity contribution in [2.24, 2.45) is 0 Å². The first-order valence-electron chi connectivity index (χ1n) is 8.17. The van der Waals surface area contributed by atoms with Gasteiger partial charge in [-0.25, -0.2) is 0 Å². The van der Waals surface area contributed by atoms with Gasteiger partial charge in [0, 0.05) is 12.7 Å². The van der Waals surface area contributed by atoms with E-state index in [1.54, 1.807) is 25.2 Å². The molecule has 0 spiro atoms. The van der Waals surface area contributed by atoms with Crippen LogP contribution in [0.1, 0.15) is 25.7 Å². The monoisotopic (exact) mass is 371 g/mol. The van der Waals surface area contributed by atoms with Gasteiger partial charge in [-0.3, -0.25) is 14.5 Å². The Labute approximate surface area is 152 Å². The Kier molecular flexibility index (Phi) is 7.34.